The second kappa shape index (κ2) is 8.22. The first kappa shape index (κ1) is 21.0. The Labute approximate surface area is 203 Å². The van der Waals surface area contributed by atoms with Gasteiger partial charge in [-0.25, -0.2) is 0 Å². The number of fused-ring (bicyclic) bond motifs is 5. The second-order valence-corrected chi connectivity index (χ2v) is 9.95. The monoisotopic (exact) mass is 566 g/mol. The van der Waals surface area contributed by atoms with Crippen LogP contribution in [0.2, 0.25) is 10.0 Å². The lowest BCUT2D eigenvalue weighted by molar-refractivity contribution is -0.140. The summed E-state index contributed by atoms with van der Waals surface area (Å²) in [6, 6.07) is 10.8. The molecular weight excluding hydrogens is 550 g/mol. The molecule has 2 aromatic rings. The number of hydrogen-bond acceptors (Lipinski definition) is 4. The molecule has 31 heavy (non-hydrogen) atoms. The lowest BCUT2D eigenvalue weighted by atomic mass is 9.85. The smallest absolute Gasteiger partial charge is 0.254 e. The van der Waals surface area contributed by atoms with Crippen molar-refractivity contribution in [3.8, 4) is 5.75 Å². The molecule has 158 valence electrons. The maximum absolute atomic E-state index is 12.7. The lowest BCUT2D eigenvalue weighted by Crippen LogP contribution is -2.28. The van der Waals surface area contributed by atoms with Gasteiger partial charge in [-0.05, 0) is 76.7 Å². The minimum Gasteiger partial charge on any atom is -0.488 e. The van der Waals surface area contributed by atoms with Crippen molar-refractivity contribution < 1.29 is 14.3 Å². The molecule has 1 saturated heterocycles. The summed E-state index contributed by atoms with van der Waals surface area (Å²) < 4.78 is 6.77. The Morgan fingerprint density at radius 2 is 1.77 bits per heavy atom. The van der Waals surface area contributed by atoms with Crippen LogP contribution in [0.1, 0.15) is 17.5 Å². The fraction of sp³-hybridized carbons (Fsp3) is 0.261. The summed E-state index contributed by atoms with van der Waals surface area (Å²) in [5.41, 5.74) is 1.62. The molecule has 2 aromatic carbocycles. The third-order valence-corrected chi connectivity index (χ3v) is 7.55. The Morgan fingerprint density at radius 1 is 1.06 bits per heavy atom. The van der Waals surface area contributed by atoms with Gasteiger partial charge >= 0.3 is 0 Å². The molecule has 0 spiro atoms. The number of nitrogens with zero attached hydrogens (tertiary/aromatic N) is 2. The Balaban J connectivity index is 1.27. The normalized spacial score (nSPS) is 26.4. The van der Waals surface area contributed by atoms with E-state index in [1.54, 1.807) is 18.3 Å². The van der Waals surface area contributed by atoms with Gasteiger partial charge in [0.2, 0.25) is 0 Å². The number of allylic oxidation sites excluding steroid dienone is 2. The molecule has 5 nitrogen and oxygen atoms in total. The van der Waals surface area contributed by atoms with E-state index in [4.69, 9.17) is 27.9 Å². The van der Waals surface area contributed by atoms with Gasteiger partial charge in [-0.15, -0.1) is 0 Å². The first-order valence-electron chi connectivity index (χ1n) is 9.89. The molecular formula is C23H17Cl2IN2O3. The summed E-state index contributed by atoms with van der Waals surface area (Å²) in [4.78, 5) is 25.4. The standard InChI is InChI=1S/C23H17Cl2IN2O3/c24-16-5-4-15(17(25)9-16)11-31-19-6-1-12(7-18(19)26)10-27-28-22(29)20-13-2-3-14(8-13)21(20)23(28)30/h1-7,9-10,13-14,20-21H,8,11H2/t13-,14-,20-,21+/m0/s1. The molecule has 5 rings (SSSR count). The van der Waals surface area contributed by atoms with Crippen LogP contribution in [0, 0.1) is 27.2 Å². The third kappa shape index (κ3) is 3.79. The zero-order chi connectivity index (χ0) is 21.7. The molecule has 2 aliphatic carbocycles. The minimum absolute atomic E-state index is 0.179. The van der Waals surface area contributed by atoms with Crippen LogP contribution in [0.15, 0.2) is 53.7 Å². The van der Waals surface area contributed by atoms with Crippen molar-refractivity contribution in [2.45, 2.75) is 13.0 Å². The van der Waals surface area contributed by atoms with Crippen molar-refractivity contribution >= 4 is 63.8 Å². The van der Waals surface area contributed by atoms with Crippen LogP contribution in [0.25, 0.3) is 0 Å². The largest absolute Gasteiger partial charge is 0.488 e. The van der Waals surface area contributed by atoms with Gasteiger partial charge in [-0.2, -0.15) is 10.1 Å². The molecule has 0 aromatic heterocycles. The summed E-state index contributed by atoms with van der Waals surface area (Å²) in [6.45, 7) is 0.315. The average molecular weight is 567 g/mol. The fourth-order valence-corrected chi connectivity index (χ4v) is 5.79. The highest BCUT2D eigenvalue weighted by Crippen LogP contribution is 2.52. The van der Waals surface area contributed by atoms with Gasteiger partial charge < -0.3 is 4.74 Å². The van der Waals surface area contributed by atoms with Gasteiger partial charge in [0, 0.05) is 15.6 Å². The van der Waals surface area contributed by atoms with Crippen molar-refractivity contribution in [2.24, 2.45) is 28.8 Å². The maximum atomic E-state index is 12.7. The fourth-order valence-electron chi connectivity index (χ4n) is 4.63. The Kier molecular flexibility index (Phi) is 5.56. The van der Waals surface area contributed by atoms with Crippen molar-refractivity contribution in [3.05, 3.63) is 73.3 Å². The molecule has 3 aliphatic rings. The van der Waals surface area contributed by atoms with Crippen molar-refractivity contribution in [2.75, 3.05) is 0 Å². The number of rotatable bonds is 5. The van der Waals surface area contributed by atoms with E-state index in [0.29, 0.717) is 22.4 Å². The topological polar surface area (TPSA) is 59.0 Å². The van der Waals surface area contributed by atoms with Crippen LogP contribution in [0.5, 0.6) is 5.75 Å². The van der Waals surface area contributed by atoms with Gasteiger partial charge in [0.05, 0.1) is 21.6 Å². The van der Waals surface area contributed by atoms with E-state index in [9.17, 15) is 9.59 Å². The van der Waals surface area contributed by atoms with E-state index >= 15 is 0 Å². The first-order valence-corrected chi connectivity index (χ1v) is 11.7. The number of amides is 2. The average Bonchev–Trinajstić information content (AvgIpc) is 3.41. The zero-order valence-corrected chi connectivity index (χ0v) is 19.8. The van der Waals surface area contributed by atoms with Crippen molar-refractivity contribution in [1.82, 2.24) is 5.01 Å². The Hall–Kier alpha value is -1.90. The number of halogens is 3. The van der Waals surface area contributed by atoms with E-state index in [0.717, 1.165) is 26.1 Å². The number of hydrazone groups is 1. The first-order chi connectivity index (χ1) is 14.9. The summed E-state index contributed by atoms with van der Waals surface area (Å²) in [7, 11) is 0. The van der Waals surface area contributed by atoms with Gasteiger partial charge in [0.25, 0.3) is 11.8 Å². The predicted molar refractivity (Wildman–Crippen MR) is 127 cm³/mol. The van der Waals surface area contributed by atoms with Crippen LogP contribution in [0.4, 0.5) is 0 Å². The molecule has 2 fully saturated rings. The molecule has 1 saturated carbocycles. The van der Waals surface area contributed by atoms with E-state index in [2.05, 4.69) is 39.8 Å². The Bertz CT molecular complexity index is 1120. The molecule has 1 aliphatic heterocycles. The molecule has 1 heterocycles. The van der Waals surface area contributed by atoms with E-state index in [1.165, 1.54) is 0 Å². The molecule has 0 unspecified atom stereocenters. The number of benzene rings is 2. The number of ether oxygens (including phenoxy) is 1. The summed E-state index contributed by atoms with van der Waals surface area (Å²) >= 11 is 14.3. The summed E-state index contributed by atoms with van der Waals surface area (Å²) in [5.74, 6) is 0.214. The van der Waals surface area contributed by atoms with Gasteiger partial charge in [-0.1, -0.05) is 41.4 Å². The van der Waals surface area contributed by atoms with Gasteiger partial charge in [0.15, 0.2) is 0 Å². The van der Waals surface area contributed by atoms with Crippen molar-refractivity contribution in [1.29, 1.82) is 0 Å². The molecule has 4 atom stereocenters. The van der Waals surface area contributed by atoms with Gasteiger partial charge in [0.1, 0.15) is 12.4 Å². The van der Waals surface area contributed by atoms with Crippen LogP contribution in [0.3, 0.4) is 0 Å². The predicted octanol–water partition coefficient (Wildman–Crippen LogP) is 5.32. The maximum Gasteiger partial charge on any atom is 0.254 e. The van der Waals surface area contributed by atoms with Gasteiger partial charge in [-0.3, -0.25) is 9.59 Å². The highest BCUT2D eigenvalue weighted by atomic mass is 127. The number of carbonyl (C=O) groups is 2. The quantitative estimate of drug-likeness (QED) is 0.213. The van der Waals surface area contributed by atoms with Crippen LogP contribution in [-0.4, -0.2) is 23.0 Å². The van der Waals surface area contributed by atoms with Crippen LogP contribution < -0.4 is 4.74 Å². The molecule has 8 heteroatoms. The molecule has 0 N–H and O–H groups in total. The molecule has 0 radical (unpaired) electrons. The lowest BCUT2D eigenvalue weighted by Gasteiger charge is -2.13. The third-order valence-electron chi connectivity index (χ3n) is 6.12. The number of imide groups is 1. The number of hydrogen-bond donors (Lipinski definition) is 0. The second-order valence-electron chi connectivity index (χ2n) is 7.95. The molecule has 2 bridgehead atoms. The molecule has 2 amide bonds. The highest BCUT2D eigenvalue weighted by molar-refractivity contribution is 14.1. The summed E-state index contributed by atoms with van der Waals surface area (Å²) in [5, 5.41) is 6.42. The summed E-state index contributed by atoms with van der Waals surface area (Å²) in [6.07, 6.45) is 6.60. The Morgan fingerprint density at radius 3 is 2.42 bits per heavy atom. The zero-order valence-electron chi connectivity index (χ0n) is 16.2. The highest BCUT2D eigenvalue weighted by Gasteiger charge is 2.59. The van der Waals surface area contributed by atoms with Crippen LogP contribution in [-0.2, 0) is 16.2 Å². The van der Waals surface area contributed by atoms with Crippen molar-refractivity contribution in [3.63, 3.8) is 0 Å². The minimum atomic E-state index is -0.241. The van der Waals surface area contributed by atoms with E-state index in [-0.39, 0.29) is 35.5 Å². The van der Waals surface area contributed by atoms with Crippen LogP contribution >= 0.6 is 45.8 Å². The number of carbonyl (C=O) groups excluding carboxylic acids is 2. The SMILES string of the molecule is O=C1[C@@H]2[C@H](C(=O)N1N=Cc1ccc(OCc3ccc(Cl)cc3Cl)c(I)c1)[C@H]1C=C[C@H]2C1. The van der Waals surface area contributed by atoms with E-state index in [1.807, 2.05) is 24.3 Å². The van der Waals surface area contributed by atoms with E-state index < -0.39 is 0 Å².